The maximum Gasteiger partial charge on any atom is 0.224 e. The van der Waals surface area contributed by atoms with Gasteiger partial charge in [-0.05, 0) is 50.4 Å². The zero-order valence-corrected chi connectivity index (χ0v) is 12.5. The van der Waals surface area contributed by atoms with Gasteiger partial charge < -0.3 is 5.32 Å². The van der Waals surface area contributed by atoms with Gasteiger partial charge in [0.1, 0.15) is 5.01 Å². The first-order chi connectivity index (χ1) is 9.70. The second-order valence-electron chi connectivity index (χ2n) is 6.54. The zero-order chi connectivity index (χ0) is 13.7. The van der Waals surface area contributed by atoms with Crippen LogP contribution in [0.3, 0.4) is 0 Å². The van der Waals surface area contributed by atoms with Gasteiger partial charge in [-0.15, -0.1) is 11.3 Å². The number of hydrogen-bond donors (Lipinski definition) is 1. The Kier molecular flexibility index (Phi) is 2.95. The zero-order valence-electron chi connectivity index (χ0n) is 11.7. The second-order valence-corrected chi connectivity index (χ2v) is 7.43. The van der Waals surface area contributed by atoms with Crippen molar-refractivity contribution in [3.05, 3.63) is 28.2 Å². The lowest BCUT2D eigenvalue weighted by Crippen LogP contribution is -2.36. The van der Waals surface area contributed by atoms with Crippen LogP contribution in [0.1, 0.15) is 42.4 Å². The van der Waals surface area contributed by atoms with Crippen molar-refractivity contribution in [3.63, 3.8) is 0 Å². The summed E-state index contributed by atoms with van der Waals surface area (Å²) < 4.78 is 0. The van der Waals surface area contributed by atoms with Crippen LogP contribution in [-0.4, -0.2) is 10.9 Å². The lowest BCUT2D eigenvalue weighted by atomic mass is 9.92. The molecule has 3 aliphatic rings. The quantitative estimate of drug-likeness (QED) is 0.864. The molecule has 0 spiro atoms. The van der Waals surface area contributed by atoms with Crippen LogP contribution in [0.2, 0.25) is 0 Å². The average Bonchev–Trinajstić information content (AvgIpc) is 2.86. The van der Waals surface area contributed by atoms with Crippen molar-refractivity contribution in [2.24, 2.45) is 23.7 Å². The van der Waals surface area contributed by atoms with Crippen LogP contribution in [0.25, 0.3) is 0 Å². The number of carbonyl (C=O) groups is 1. The van der Waals surface area contributed by atoms with Crippen molar-refractivity contribution < 1.29 is 4.79 Å². The fourth-order valence-corrected chi connectivity index (χ4v) is 4.61. The van der Waals surface area contributed by atoms with Crippen LogP contribution in [-0.2, 0) is 4.79 Å². The topological polar surface area (TPSA) is 42.0 Å². The van der Waals surface area contributed by atoms with Crippen molar-refractivity contribution in [2.75, 3.05) is 0 Å². The van der Waals surface area contributed by atoms with Crippen molar-refractivity contribution in [3.8, 4) is 0 Å². The van der Waals surface area contributed by atoms with Gasteiger partial charge in [-0.25, -0.2) is 4.98 Å². The van der Waals surface area contributed by atoms with Crippen molar-refractivity contribution >= 4 is 17.2 Å². The SMILES string of the molecule is Cc1csc([C@@H](NC(=O)[C@H]2C[C@@H]3C=C[C@@H]2C3)C2CC2)n1. The molecule has 0 radical (unpaired) electrons. The molecule has 2 fully saturated rings. The van der Waals surface area contributed by atoms with Gasteiger partial charge in [-0.2, -0.15) is 0 Å². The highest BCUT2D eigenvalue weighted by Crippen LogP contribution is 2.45. The minimum absolute atomic E-state index is 0.157. The van der Waals surface area contributed by atoms with E-state index >= 15 is 0 Å². The number of rotatable bonds is 4. The van der Waals surface area contributed by atoms with Gasteiger partial charge in [0.25, 0.3) is 0 Å². The number of allylic oxidation sites excluding steroid dienone is 2. The molecule has 1 aromatic rings. The van der Waals surface area contributed by atoms with Crippen LogP contribution in [0.15, 0.2) is 17.5 Å². The first-order valence-corrected chi connectivity index (χ1v) is 8.49. The highest BCUT2D eigenvalue weighted by Gasteiger charge is 2.42. The monoisotopic (exact) mass is 288 g/mol. The molecule has 4 rings (SSSR count). The van der Waals surface area contributed by atoms with Gasteiger partial charge in [-0.1, -0.05) is 12.2 Å². The maximum absolute atomic E-state index is 12.6. The van der Waals surface area contributed by atoms with E-state index in [9.17, 15) is 4.79 Å². The number of aromatic nitrogens is 1. The van der Waals surface area contributed by atoms with Gasteiger partial charge in [0.2, 0.25) is 5.91 Å². The summed E-state index contributed by atoms with van der Waals surface area (Å²) in [5.74, 6) is 2.20. The summed E-state index contributed by atoms with van der Waals surface area (Å²) in [4.78, 5) is 17.2. The van der Waals surface area contributed by atoms with E-state index in [1.54, 1.807) is 11.3 Å². The maximum atomic E-state index is 12.6. The number of thiazole rings is 1. The van der Waals surface area contributed by atoms with E-state index in [-0.39, 0.29) is 17.9 Å². The van der Waals surface area contributed by atoms with Crippen LogP contribution in [0, 0.1) is 30.6 Å². The van der Waals surface area contributed by atoms with E-state index in [2.05, 4.69) is 27.8 Å². The second kappa shape index (κ2) is 4.69. The molecule has 4 atom stereocenters. The molecule has 3 nitrogen and oxygen atoms in total. The number of nitrogens with zero attached hydrogens (tertiary/aromatic N) is 1. The largest absolute Gasteiger partial charge is 0.346 e. The Morgan fingerprint density at radius 3 is 2.80 bits per heavy atom. The summed E-state index contributed by atoms with van der Waals surface area (Å²) >= 11 is 1.69. The predicted octanol–water partition coefficient (Wildman–Crippen LogP) is 3.23. The number of aryl methyl sites for hydroxylation is 1. The Hall–Kier alpha value is -1.16. The molecule has 1 N–H and O–H groups in total. The summed E-state index contributed by atoms with van der Waals surface area (Å²) in [6.45, 7) is 2.02. The average molecular weight is 288 g/mol. The third kappa shape index (κ3) is 2.20. The number of hydrogen-bond acceptors (Lipinski definition) is 3. The Morgan fingerprint density at radius 2 is 2.25 bits per heavy atom. The van der Waals surface area contributed by atoms with Crippen LogP contribution < -0.4 is 5.32 Å². The normalized spacial score (nSPS) is 32.5. The van der Waals surface area contributed by atoms with Gasteiger partial charge >= 0.3 is 0 Å². The first kappa shape index (κ1) is 12.6. The summed E-state index contributed by atoms with van der Waals surface area (Å²) in [6, 6.07) is 0.157. The molecule has 0 unspecified atom stereocenters. The van der Waals surface area contributed by atoms with E-state index in [1.807, 2.05) is 6.92 Å². The molecule has 1 heterocycles. The molecule has 2 bridgehead atoms. The fraction of sp³-hybridized carbons (Fsp3) is 0.625. The van der Waals surface area contributed by atoms with Crippen LogP contribution in [0.5, 0.6) is 0 Å². The molecule has 2 saturated carbocycles. The molecule has 1 aromatic heterocycles. The first-order valence-electron chi connectivity index (χ1n) is 7.61. The predicted molar refractivity (Wildman–Crippen MR) is 79.3 cm³/mol. The van der Waals surface area contributed by atoms with Gasteiger partial charge in [0.05, 0.1) is 6.04 Å². The smallest absolute Gasteiger partial charge is 0.224 e. The van der Waals surface area contributed by atoms with Crippen LogP contribution >= 0.6 is 11.3 Å². The van der Waals surface area contributed by atoms with Gasteiger partial charge in [0.15, 0.2) is 0 Å². The number of amides is 1. The Balaban J connectivity index is 1.48. The molecule has 0 aliphatic heterocycles. The Bertz CT molecular complexity index is 561. The minimum Gasteiger partial charge on any atom is -0.346 e. The summed E-state index contributed by atoms with van der Waals surface area (Å²) in [5.41, 5.74) is 1.06. The number of carbonyl (C=O) groups excluding carboxylic acids is 1. The van der Waals surface area contributed by atoms with E-state index in [4.69, 9.17) is 0 Å². The molecule has 106 valence electrons. The van der Waals surface area contributed by atoms with E-state index in [1.165, 1.54) is 19.3 Å². The molecule has 0 saturated heterocycles. The summed E-state index contributed by atoms with van der Waals surface area (Å²) in [6.07, 6.45) is 9.21. The Morgan fingerprint density at radius 1 is 1.40 bits per heavy atom. The number of nitrogens with one attached hydrogen (secondary N) is 1. The molecule has 1 amide bonds. The van der Waals surface area contributed by atoms with Crippen LogP contribution in [0.4, 0.5) is 0 Å². The molecule has 20 heavy (non-hydrogen) atoms. The highest BCUT2D eigenvalue weighted by molar-refractivity contribution is 7.09. The lowest BCUT2D eigenvalue weighted by Gasteiger charge is -2.22. The van der Waals surface area contributed by atoms with E-state index < -0.39 is 0 Å². The number of fused-ring (bicyclic) bond motifs is 2. The minimum atomic E-state index is 0.157. The van der Waals surface area contributed by atoms with Gasteiger partial charge in [-0.3, -0.25) is 4.79 Å². The molecule has 4 heteroatoms. The third-order valence-electron chi connectivity index (χ3n) is 4.91. The lowest BCUT2D eigenvalue weighted by molar-refractivity contribution is -0.126. The highest BCUT2D eigenvalue weighted by atomic mass is 32.1. The summed E-state index contributed by atoms with van der Waals surface area (Å²) in [7, 11) is 0. The van der Waals surface area contributed by atoms with Crippen molar-refractivity contribution in [1.82, 2.24) is 10.3 Å². The van der Waals surface area contributed by atoms with Gasteiger partial charge in [0, 0.05) is 17.0 Å². The van der Waals surface area contributed by atoms with Crippen molar-refractivity contribution in [2.45, 2.75) is 38.6 Å². The fourth-order valence-electron chi connectivity index (χ4n) is 3.67. The summed E-state index contributed by atoms with van der Waals surface area (Å²) in [5, 5.41) is 6.49. The molecule has 0 aromatic carbocycles. The van der Waals surface area contributed by atoms with E-state index in [0.29, 0.717) is 17.8 Å². The Labute approximate surface area is 123 Å². The van der Waals surface area contributed by atoms with Crippen molar-refractivity contribution in [1.29, 1.82) is 0 Å². The molecular formula is C16H20N2OS. The third-order valence-corrected chi connectivity index (χ3v) is 5.96. The van der Waals surface area contributed by atoms with E-state index in [0.717, 1.165) is 17.1 Å². The molecular weight excluding hydrogens is 268 g/mol. The molecule has 3 aliphatic carbocycles. The standard InChI is InChI=1S/C16H20N2OS/c1-9-8-20-16(17-9)14(11-4-5-11)18-15(19)13-7-10-2-3-12(13)6-10/h2-3,8,10-14H,4-7H2,1H3,(H,18,19)/t10-,12-,13+,14+/m1/s1.